The standard InChI is InChI=1S/C27H27N5O4/c1-27(2)26-30-22(23(33)25(35)32(26)12-13-36-27)24(34)28-14-19-10-6-7-11-21(19)20-15-29-31(17-20)16-18-8-4-3-5-9-18/h3-11,15,17,33H,12-14,16H2,1-2H3,(H,28,34). The molecule has 0 unspecified atom stereocenters. The summed E-state index contributed by atoms with van der Waals surface area (Å²) in [6.07, 6.45) is 3.76. The van der Waals surface area contributed by atoms with Crippen molar-refractivity contribution in [2.24, 2.45) is 0 Å². The van der Waals surface area contributed by atoms with Gasteiger partial charge in [-0.2, -0.15) is 5.10 Å². The molecule has 0 saturated carbocycles. The number of nitrogens with one attached hydrogen (secondary N) is 1. The maximum absolute atomic E-state index is 13.0. The number of amides is 1. The van der Waals surface area contributed by atoms with Gasteiger partial charge in [-0.15, -0.1) is 0 Å². The van der Waals surface area contributed by atoms with Gasteiger partial charge in [-0.25, -0.2) is 4.98 Å². The Bertz CT molecular complexity index is 1470. The molecule has 2 aromatic heterocycles. The highest BCUT2D eigenvalue weighted by atomic mass is 16.5. The second-order valence-corrected chi connectivity index (χ2v) is 9.20. The first-order valence-corrected chi connectivity index (χ1v) is 11.7. The lowest BCUT2D eigenvalue weighted by Crippen LogP contribution is -2.42. The molecule has 2 N–H and O–H groups in total. The molecule has 1 aliphatic heterocycles. The van der Waals surface area contributed by atoms with Crippen LogP contribution in [0.5, 0.6) is 5.75 Å². The first-order valence-electron chi connectivity index (χ1n) is 11.7. The van der Waals surface area contributed by atoms with E-state index in [2.05, 4.69) is 15.4 Å². The van der Waals surface area contributed by atoms with Crippen molar-refractivity contribution in [2.75, 3.05) is 6.61 Å². The van der Waals surface area contributed by atoms with Crippen LogP contribution in [0.15, 0.2) is 71.8 Å². The summed E-state index contributed by atoms with van der Waals surface area (Å²) in [5, 5.41) is 17.7. The van der Waals surface area contributed by atoms with Crippen LogP contribution in [0.3, 0.4) is 0 Å². The van der Waals surface area contributed by atoms with Crippen molar-refractivity contribution >= 4 is 5.91 Å². The van der Waals surface area contributed by atoms with Crippen LogP contribution >= 0.6 is 0 Å². The van der Waals surface area contributed by atoms with Gasteiger partial charge in [0, 0.05) is 18.3 Å². The Balaban J connectivity index is 1.36. The molecule has 1 amide bonds. The lowest BCUT2D eigenvalue weighted by atomic mass is 10.0. The van der Waals surface area contributed by atoms with E-state index in [1.807, 2.05) is 65.5 Å². The molecule has 0 spiro atoms. The van der Waals surface area contributed by atoms with E-state index in [-0.39, 0.29) is 18.8 Å². The molecule has 0 bridgehead atoms. The van der Waals surface area contributed by atoms with Gasteiger partial charge < -0.3 is 15.2 Å². The highest BCUT2D eigenvalue weighted by Crippen LogP contribution is 2.28. The molecule has 0 saturated heterocycles. The van der Waals surface area contributed by atoms with E-state index in [1.54, 1.807) is 20.0 Å². The lowest BCUT2D eigenvalue weighted by molar-refractivity contribution is -0.0566. The fourth-order valence-electron chi connectivity index (χ4n) is 4.40. The Morgan fingerprint density at radius 1 is 1.14 bits per heavy atom. The summed E-state index contributed by atoms with van der Waals surface area (Å²) >= 11 is 0. The Morgan fingerprint density at radius 3 is 2.69 bits per heavy atom. The minimum atomic E-state index is -0.855. The van der Waals surface area contributed by atoms with Crippen molar-refractivity contribution in [3.05, 3.63) is 100.0 Å². The first-order chi connectivity index (χ1) is 17.3. The zero-order chi connectivity index (χ0) is 25.3. The molecule has 2 aromatic carbocycles. The topological polar surface area (TPSA) is 111 Å². The van der Waals surface area contributed by atoms with Gasteiger partial charge in [0.05, 0.1) is 25.9 Å². The molecular weight excluding hydrogens is 458 g/mol. The number of fused-ring (bicyclic) bond motifs is 1. The van der Waals surface area contributed by atoms with Crippen LogP contribution in [0.25, 0.3) is 11.1 Å². The van der Waals surface area contributed by atoms with Crippen LogP contribution in [0.2, 0.25) is 0 Å². The zero-order valence-corrected chi connectivity index (χ0v) is 20.1. The van der Waals surface area contributed by atoms with Crippen molar-refractivity contribution in [3.8, 4) is 16.9 Å². The molecule has 9 heteroatoms. The van der Waals surface area contributed by atoms with E-state index in [1.165, 1.54) is 4.57 Å². The summed E-state index contributed by atoms with van der Waals surface area (Å²) in [5.41, 5.74) is 2.05. The van der Waals surface area contributed by atoms with Crippen molar-refractivity contribution in [2.45, 2.75) is 39.1 Å². The molecule has 0 atom stereocenters. The predicted octanol–water partition coefficient (Wildman–Crippen LogP) is 3.06. The number of rotatable bonds is 6. The van der Waals surface area contributed by atoms with Crippen molar-refractivity contribution in [3.63, 3.8) is 0 Å². The van der Waals surface area contributed by atoms with E-state index < -0.39 is 22.8 Å². The van der Waals surface area contributed by atoms with Crippen LogP contribution in [-0.4, -0.2) is 37.0 Å². The summed E-state index contributed by atoms with van der Waals surface area (Å²) < 4.78 is 8.94. The molecule has 4 aromatic rings. The van der Waals surface area contributed by atoms with Gasteiger partial charge in [-0.3, -0.25) is 18.8 Å². The number of hydrogen-bond donors (Lipinski definition) is 2. The van der Waals surface area contributed by atoms with E-state index in [0.29, 0.717) is 19.0 Å². The van der Waals surface area contributed by atoms with E-state index in [9.17, 15) is 14.7 Å². The van der Waals surface area contributed by atoms with E-state index in [4.69, 9.17) is 4.74 Å². The third kappa shape index (κ3) is 4.52. The summed E-state index contributed by atoms with van der Waals surface area (Å²) in [6, 6.07) is 17.8. The Kier molecular flexibility index (Phi) is 6.15. The summed E-state index contributed by atoms with van der Waals surface area (Å²) in [6.45, 7) is 4.97. The number of benzene rings is 2. The number of aromatic hydroxyl groups is 1. The summed E-state index contributed by atoms with van der Waals surface area (Å²) in [4.78, 5) is 30.0. The molecule has 184 valence electrons. The molecule has 36 heavy (non-hydrogen) atoms. The maximum atomic E-state index is 13.0. The Hall–Kier alpha value is -4.24. The SMILES string of the molecule is CC1(C)OCCn2c1nc(C(=O)NCc1ccccc1-c1cnn(Cc3ccccc3)c1)c(O)c2=O. The lowest BCUT2D eigenvalue weighted by Gasteiger charge is -2.32. The minimum absolute atomic E-state index is 0.179. The fourth-order valence-corrected chi connectivity index (χ4v) is 4.40. The first kappa shape index (κ1) is 23.5. The van der Waals surface area contributed by atoms with Gasteiger partial charge in [0.25, 0.3) is 11.5 Å². The highest BCUT2D eigenvalue weighted by molar-refractivity contribution is 5.94. The second kappa shape index (κ2) is 9.43. The van der Waals surface area contributed by atoms with E-state index >= 15 is 0 Å². The highest BCUT2D eigenvalue weighted by Gasteiger charge is 2.34. The van der Waals surface area contributed by atoms with Gasteiger partial charge in [0.1, 0.15) is 11.4 Å². The number of aromatic nitrogens is 4. The number of hydrogen-bond acceptors (Lipinski definition) is 6. The van der Waals surface area contributed by atoms with Crippen molar-refractivity contribution in [1.82, 2.24) is 24.6 Å². The molecule has 3 heterocycles. The number of carbonyl (C=O) groups is 1. The maximum Gasteiger partial charge on any atom is 0.296 e. The van der Waals surface area contributed by atoms with Crippen LogP contribution in [0.1, 0.15) is 41.3 Å². The average Bonchev–Trinajstić information content (AvgIpc) is 3.33. The van der Waals surface area contributed by atoms with Crippen molar-refractivity contribution < 1.29 is 14.6 Å². The molecule has 9 nitrogen and oxygen atoms in total. The molecule has 1 aliphatic rings. The van der Waals surface area contributed by atoms with Gasteiger partial charge in [0.15, 0.2) is 5.69 Å². The normalized spacial score (nSPS) is 14.3. The molecular formula is C27H27N5O4. The van der Waals surface area contributed by atoms with Crippen LogP contribution in [-0.2, 0) is 30.0 Å². The number of ether oxygens (including phenoxy) is 1. The number of nitrogens with zero attached hydrogens (tertiary/aromatic N) is 4. The predicted molar refractivity (Wildman–Crippen MR) is 134 cm³/mol. The van der Waals surface area contributed by atoms with Gasteiger partial charge >= 0.3 is 0 Å². The molecule has 0 radical (unpaired) electrons. The van der Waals surface area contributed by atoms with Gasteiger partial charge in [-0.1, -0.05) is 54.6 Å². The van der Waals surface area contributed by atoms with Crippen LogP contribution in [0, 0.1) is 0 Å². The minimum Gasteiger partial charge on any atom is -0.501 e. The smallest absolute Gasteiger partial charge is 0.296 e. The average molecular weight is 486 g/mol. The Morgan fingerprint density at radius 2 is 1.89 bits per heavy atom. The summed E-state index contributed by atoms with van der Waals surface area (Å²) in [5.74, 6) is -0.985. The number of carbonyl (C=O) groups excluding carboxylic acids is 1. The van der Waals surface area contributed by atoms with Crippen molar-refractivity contribution in [1.29, 1.82) is 0 Å². The molecule has 0 aliphatic carbocycles. The monoisotopic (exact) mass is 485 g/mol. The zero-order valence-electron chi connectivity index (χ0n) is 20.1. The summed E-state index contributed by atoms with van der Waals surface area (Å²) in [7, 11) is 0. The van der Waals surface area contributed by atoms with Crippen LogP contribution in [0.4, 0.5) is 0 Å². The van der Waals surface area contributed by atoms with E-state index in [0.717, 1.165) is 22.3 Å². The molecule has 0 fully saturated rings. The largest absolute Gasteiger partial charge is 0.501 e. The van der Waals surface area contributed by atoms with Gasteiger partial charge in [-0.05, 0) is 30.5 Å². The molecule has 5 rings (SSSR count). The quantitative estimate of drug-likeness (QED) is 0.434. The fraction of sp³-hybridized carbons (Fsp3) is 0.259. The third-order valence-electron chi connectivity index (χ3n) is 6.27. The van der Waals surface area contributed by atoms with Gasteiger partial charge in [0.2, 0.25) is 5.75 Å². The Labute approximate surface area is 208 Å². The second-order valence-electron chi connectivity index (χ2n) is 9.20. The van der Waals surface area contributed by atoms with Crippen LogP contribution < -0.4 is 10.9 Å². The third-order valence-corrected chi connectivity index (χ3v) is 6.27.